The van der Waals surface area contributed by atoms with Crippen molar-refractivity contribution >= 4 is 11.8 Å². The summed E-state index contributed by atoms with van der Waals surface area (Å²) in [6.07, 6.45) is 1.91. The zero-order chi connectivity index (χ0) is 24.0. The molecule has 33 heavy (non-hydrogen) atoms. The topological polar surface area (TPSA) is 77.1 Å². The molecule has 2 amide bonds. The van der Waals surface area contributed by atoms with Gasteiger partial charge in [-0.05, 0) is 42.7 Å². The van der Waals surface area contributed by atoms with E-state index >= 15 is 0 Å². The van der Waals surface area contributed by atoms with Crippen LogP contribution in [-0.4, -0.2) is 57.7 Å². The van der Waals surface area contributed by atoms with Gasteiger partial charge in [-0.2, -0.15) is 0 Å². The lowest BCUT2D eigenvalue weighted by molar-refractivity contribution is -0.124. The zero-order valence-electron chi connectivity index (χ0n) is 20.1. The highest BCUT2D eigenvalue weighted by Crippen LogP contribution is 2.43. The maximum absolute atomic E-state index is 13.3. The van der Waals surface area contributed by atoms with Crippen LogP contribution in [0.4, 0.5) is 0 Å². The van der Waals surface area contributed by atoms with Gasteiger partial charge in [-0.1, -0.05) is 31.5 Å². The van der Waals surface area contributed by atoms with E-state index in [9.17, 15) is 9.59 Å². The molecule has 7 heteroatoms. The number of nitrogens with one attached hydrogen (secondary N) is 1. The fourth-order valence-electron chi connectivity index (χ4n) is 4.39. The fraction of sp³-hybridized carbons (Fsp3) is 0.462. The van der Waals surface area contributed by atoms with Gasteiger partial charge in [0, 0.05) is 31.1 Å². The van der Waals surface area contributed by atoms with Crippen molar-refractivity contribution in [3.63, 3.8) is 0 Å². The highest BCUT2D eigenvalue weighted by Gasteiger charge is 2.41. The minimum Gasteiger partial charge on any atom is -0.493 e. The van der Waals surface area contributed by atoms with E-state index in [0.29, 0.717) is 42.4 Å². The van der Waals surface area contributed by atoms with Crippen LogP contribution in [0.5, 0.6) is 17.2 Å². The molecule has 1 N–H and O–H groups in total. The number of carbonyl (C=O) groups excluding carboxylic acids is 2. The number of carbonyl (C=O) groups is 2. The summed E-state index contributed by atoms with van der Waals surface area (Å²) in [5.41, 5.74) is 2.45. The Morgan fingerprint density at radius 3 is 2.27 bits per heavy atom. The first kappa shape index (κ1) is 24.4. The van der Waals surface area contributed by atoms with Gasteiger partial charge in [0.05, 0.1) is 27.2 Å². The summed E-state index contributed by atoms with van der Waals surface area (Å²) < 4.78 is 16.5. The molecule has 2 aromatic rings. The summed E-state index contributed by atoms with van der Waals surface area (Å²) in [6.45, 7) is 5.42. The summed E-state index contributed by atoms with van der Waals surface area (Å²) in [7, 11) is 4.69. The molecule has 2 atom stereocenters. The van der Waals surface area contributed by atoms with E-state index in [0.717, 1.165) is 24.0 Å². The monoisotopic (exact) mass is 454 g/mol. The van der Waals surface area contributed by atoms with Crippen LogP contribution in [0.1, 0.15) is 47.2 Å². The number of likely N-dealkylation sites (tertiary alicyclic amines) is 1. The van der Waals surface area contributed by atoms with Crippen LogP contribution < -0.4 is 19.5 Å². The average Bonchev–Trinajstić information content (AvgIpc) is 3.28. The summed E-state index contributed by atoms with van der Waals surface area (Å²) in [4.78, 5) is 28.3. The maximum atomic E-state index is 13.3. The number of unbranched alkanes of at least 4 members (excludes halogenated alkanes) is 1. The third-order valence-corrected chi connectivity index (χ3v) is 6.26. The molecule has 2 aromatic carbocycles. The Kier molecular flexibility index (Phi) is 8.20. The molecule has 0 aliphatic carbocycles. The van der Waals surface area contributed by atoms with Crippen LogP contribution >= 0.6 is 0 Å². The lowest BCUT2D eigenvalue weighted by atomic mass is 9.88. The number of benzene rings is 2. The molecular formula is C26H34N2O5. The Balaban J connectivity index is 1.97. The number of rotatable bonds is 9. The first-order valence-corrected chi connectivity index (χ1v) is 11.4. The van der Waals surface area contributed by atoms with Crippen molar-refractivity contribution in [1.82, 2.24) is 10.2 Å². The van der Waals surface area contributed by atoms with Crippen molar-refractivity contribution in [3.05, 3.63) is 53.1 Å². The Morgan fingerprint density at radius 2 is 1.70 bits per heavy atom. The van der Waals surface area contributed by atoms with Gasteiger partial charge in [0.15, 0.2) is 11.5 Å². The minimum absolute atomic E-state index is 0.0396. The second-order valence-electron chi connectivity index (χ2n) is 8.34. The van der Waals surface area contributed by atoms with Crippen molar-refractivity contribution < 1.29 is 23.8 Å². The van der Waals surface area contributed by atoms with Gasteiger partial charge >= 0.3 is 0 Å². The number of aryl methyl sites for hydroxylation is 1. The Labute approximate surface area is 196 Å². The number of amides is 2. The Hall–Kier alpha value is -3.22. The summed E-state index contributed by atoms with van der Waals surface area (Å²) in [5, 5.41) is 3.05. The Bertz CT molecular complexity index is 965. The highest BCUT2D eigenvalue weighted by molar-refractivity contribution is 5.96. The molecule has 0 aromatic heterocycles. The normalized spacial score (nSPS) is 17.5. The molecule has 1 aliphatic rings. The third-order valence-electron chi connectivity index (χ3n) is 6.26. The number of ether oxygens (including phenoxy) is 3. The third kappa shape index (κ3) is 5.24. The second kappa shape index (κ2) is 11.1. The van der Waals surface area contributed by atoms with Crippen molar-refractivity contribution in [1.29, 1.82) is 0 Å². The van der Waals surface area contributed by atoms with Crippen molar-refractivity contribution in [2.75, 3.05) is 41.0 Å². The van der Waals surface area contributed by atoms with E-state index in [4.69, 9.17) is 14.2 Å². The molecule has 0 unspecified atom stereocenters. The molecule has 1 heterocycles. The summed E-state index contributed by atoms with van der Waals surface area (Å²) in [5.74, 6) is 0.877. The van der Waals surface area contributed by atoms with Crippen LogP contribution in [0, 0.1) is 12.8 Å². The molecule has 0 saturated carbocycles. The predicted octanol–water partition coefficient (Wildman–Crippen LogP) is 3.79. The van der Waals surface area contributed by atoms with Crippen LogP contribution in [0.2, 0.25) is 0 Å². The molecule has 3 rings (SSSR count). The van der Waals surface area contributed by atoms with E-state index in [-0.39, 0.29) is 23.7 Å². The number of hydrogen-bond donors (Lipinski definition) is 1. The second-order valence-corrected chi connectivity index (χ2v) is 8.34. The highest BCUT2D eigenvalue weighted by atomic mass is 16.5. The van der Waals surface area contributed by atoms with Crippen molar-refractivity contribution in [3.8, 4) is 17.2 Å². The van der Waals surface area contributed by atoms with Gasteiger partial charge in [-0.15, -0.1) is 0 Å². The van der Waals surface area contributed by atoms with Crippen molar-refractivity contribution in [2.24, 2.45) is 5.92 Å². The van der Waals surface area contributed by atoms with E-state index < -0.39 is 0 Å². The summed E-state index contributed by atoms with van der Waals surface area (Å²) in [6, 6.07) is 11.3. The first-order chi connectivity index (χ1) is 15.9. The van der Waals surface area contributed by atoms with Gasteiger partial charge in [0.2, 0.25) is 11.7 Å². The van der Waals surface area contributed by atoms with Gasteiger partial charge in [-0.25, -0.2) is 0 Å². The molecule has 0 spiro atoms. The van der Waals surface area contributed by atoms with Crippen molar-refractivity contribution in [2.45, 2.75) is 32.6 Å². The van der Waals surface area contributed by atoms with Gasteiger partial charge in [0.1, 0.15) is 0 Å². The molecule has 0 radical (unpaired) electrons. The van der Waals surface area contributed by atoms with Gasteiger partial charge in [-0.3, -0.25) is 9.59 Å². The maximum Gasteiger partial charge on any atom is 0.254 e. The molecular weight excluding hydrogens is 420 g/mol. The molecule has 1 saturated heterocycles. The van der Waals surface area contributed by atoms with E-state index in [1.165, 1.54) is 0 Å². The predicted molar refractivity (Wildman–Crippen MR) is 127 cm³/mol. The lowest BCUT2D eigenvalue weighted by Gasteiger charge is -2.21. The molecule has 7 nitrogen and oxygen atoms in total. The Morgan fingerprint density at radius 1 is 1.03 bits per heavy atom. The van der Waals surface area contributed by atoms with E-state index in [1.807, 2.05) is 43.3 Å². The first-order valence-electron chi connectivity index (χ1n) is 11.4. The number of nitrogens with zero attached hydrogens (tertiary/aromatic N) is 1. The molecule has 0 bridgehead atoms. The minimum atomic E-state index is -0.377. The van der Waals surface area contributed by atoms with Crippen LogP contribution in [0.15, 0.2) is 36.4 Å². The van der Waals surface area contributed by atoms with E-state index in [2.05, 4.69) is 12.2 Å². The van der Waals surface area contributed by atoms with Gasteiger partial charge < -0.3 is 24.4 Å². The molecule has 1 fully saturated rings. The SMILES string of the molecule is CCCCNC(=O)[C@@H]1CN(C(=O)c2ccccc2C)C[C@H]1c1cc(OC)c(OC)c(OC)c1. The van der Waals surface area contributed by atoms with Crippen LogP contribution in [0.3, 0.4) is 0 Å². The smallest absolute Gasteiger partial charge is 0.254 e. The fourth-order valence-corrected chi connectivity index (χ4v) is 4.39. The van der Waals surface area contributed by atoms with Crippen LogP contribution in [0.25, 0.3) is 0 Å². The zero-order valence-corrected chi connectivity index (χ0v) is 20.1. The number of methoxy groups -OCH3 is 3. The molecule has 1 aliphatic heterocycles. The average molecular weight is 455 g/mol. The quantitative estimate of drug-likeness (QED) is 0.584. The molecule has 178 valence electrons. The lowest BCUT2D eigenvalue weighted by Crippen LogP contribution is -2.36. The number of hydrogen-bond acceptors (Lipinski definition) is 5. The standard InChI is InChI=1S/C26H34N2O5/c1-6-7-12-27-25(29)21-16-28(26(30)19-11-9-8-10-17(19)2)15-20(21)18-13-22(31-3)24(33-5)23(14-18)32-4/h8-11,13-14,20-21H,6-7,12,15-16H2,1-5H3,(H,27,29)/t20-,21+/m0/s1. The largest absolute Gasteiger partial charge is 0.493 e. The summed E-state index contributed by atoms with van der Waals surface area (Å²) >= 11 is 0. The van der Waals surface area contributed by atoms with Gasteiger partial charge in [0.25, 0.3) is 5.91 Å². The van der Waals surface area contributed by atoms with E-state index in [1.54, 1.807) is 26.2 Å². The van der Waals surface area contributed by atoms with Crippen LogP contribution in [-0.2, 0) is 4.79 Å².